The second kappa shape index (κ2) is 20.0. The number of fused-ring (bicyclic) bond motifs is 1. The van der Waals surface area contributed by atoms with Crippen LogP contribution in [0.3, 0.4) is 0 Å². The molecule has 0 amide bonds. The van der Waals surface area contributed by atoms with Crippen LogP contribution in [0.2, 0.25) is 0 Å². The number of hydrogen-bond donors (Lipinski definition) is 5. The van der Waals surface area contributed by atoms with E-state index in [1.54, 1.807) is 55.5 Å². The van der Waals surface area contributed by atoms with Gasteiger partial charge in [0.15, 0.2) is 0 Å². The van der Waals surface area contributed by atoms with Gasteiger partial charge in [0.05, 0.1) is 33.4 Å². The predicted molar refractivity (Wildman–Crippen MR) is 226 cm³/mol. The number of azo groups is 2. The lowest BCUT2D eigenvalue weighted by molar-refractivity contribution is 0.480. The summed E-state index contributed by atoms with van der Waals surface area (Å²) < 4.78 is 160. The number of aromatic nitrogens is 3. The van der Waals surface area contributed by atoms with E-state index in [4.69, 9.17) is 12.6 Å². The summed E-state index contributed by atoms with van der Waals surface area (Å²) in [5.74, 6) is -0.599. The average molecular weight is 977 g/mol. The van der Waals surface area contributed by atoms with Crippen molar-refractivity contribution in [2.24, 2.45) is 20.5 Å². The van der Waals surface area contributed by atoms with E-state index in [0.717, 1.165) is 18.2 Å². The number of hydrogen-bond acceptors (Lipinski definition) is 19. The third-order valence-corrected chi connectivity index (χ3v) is 12.0. The molecular formula is C36H32N8O15S5. The van der Waals surface area contributed by atoms with Crippen molar-refractivity contribution in [3.63, 3.8) is 0 Å². The lowest BCUT2D eigenvalue weighted by atomic mass is 10.0. The molecule has 6 aromatic rings. The molecule has 0 saturated carbocycles. The molecule has 0 aliphatic heterocycles. The largest absolute Gasteiger partial charge is 0.425 e. The Kier molecular flexibility index (Phi) is 15.2. The highest BCUT2D eigenvalue weighted by atomic mass is 32.2. The highest BCUT2D eigenvalue weighted by Gasteiger charge is 2.22. The van der Waals surface area contributed by atoms with Crippen molar-refractivity contribution in [1.29, 1.82) is 0 Å². The lowest BCUT2D eigenvalue weighted by Crippen LogP contribution is -2.18. The minimum Gasteiger partial charge on any atom is -0.353 e. The third kappa shape index (κ3) is 14.1. The molecule has 0 atom stereocenters. The van der Waals surface area contributed by atoms with Crippen LogP contribution in [0.25, 0.3) is 10.8 Å². The third-order valence-electron chi connectivity index (χ3n) is 8.50. The fourth-order valence-corrected chi connectivity index (χ4v) is 8.33. The van der Waals surface area contributed by atoms with Gasteiger partial charge in [-0.15, -0.1) is 12.6 Å². The standard InChI is InChI=1S/C36H32N8O12S4.O3S/c1-22-16-26(42-44-28-19-30-29(33(21-28)60(54,55)56)8-5-9-31(30)58(48,49)50)12-10-23(22)17-34-38-35(40-36(39-34)37-14-15-57(45,46)47)18-24-11-13-27(20-32(24)59(51,52)53)43-41-25-6-3-2-4-7-25;1-4(2)3/h2-13,16,19-21H,14-15,17-18H2,1H3,(H,45,46,47)(H,48,49,50)(H,51,52,53)(H,54,55,56)(H,37,38,39,40);. The van der Waals surface area contributed by atoms with E-state index < -0.39 is 71.5 Å². The molecule has 28 heteroatoms. The van der Waals surface area contributed by atoms with Crippen LogP contribution in [0, 0.1) is 6.92 Å². The van der Waals surface area contributed by atoms with Gasteiger partial charge in [-0.25, -0.2) is 4.98 Å². The summed E-state index contributed by atoms with van der Waals surface area (Å²) in [4.78, 5) is 11.4. The minimum absolute atomic E-state index is 0.0257. The van der Waals surface area contributed by atoms with Crippen molar-refractivity contribution < 1.29 is 64.5 Å². The Labute approximate surface area is 366 Å². The van der Waals surface area contributed by atoms with Gasteiger partial charge in [0.25, 0.3) is 40.5 Å². The molecule has 0 bridgehead atoms. The summed E-state index contributed by atoms with van der Waals surface area (Å²) in [6.45, 7) is 1.43. The van der Waals surface area contributed by atoms with Crippen LogP contribution in [-0.4, -0.2) is 91.8 Å². The fraction of sp³-hybridized carbons (Fsp3) is 0.139. The zero-order valence-corrected chi connectivity index (χ0v) is 36.6. The Morgan fingerprint density at radius 1 is 0.531 bits per heavy atom. The van der Waals surface area contributed by atoms with Crippen LogP contribution in [0.15, 0.2) is 132 Å². The first-order chi connectivity index (χ1) is 29.9. The average Bonchev–Trinajstić information content (AvgIpc) is 3.18. The van der Waals surface area contributed by atoms with Crippen molar-refractivity contribution in [2.75, 3.05) is 17.6 Å². The molecule has 5 aromatic carbocycles. The number of nitrogens with one attached hydrogen (secondary N) is 1. The monoisotopic (exact) mass is 976 g/mol. The van der Waals surface area contributed by atoms with Crippen LogP contribution in [0.1, 0.15) is 28.3 Å². The van der Waals surface area contributed by atoms with Gasteiger partial charge in [0, 0.05) is 30.2 Å². The topological polar surface area (TPSA) is 369 Å². The van der Waals surface area contributed by atoms with Crippen LogP contribution in [-0.2, 0) is 63.9 Å². The van der Waals surface area contributed by atoms with Crippen LogP contribution in [0.5, 0.6) is 0 Å². The van der Waals surface area contributed by atoms with Crippen molar-refractivity contribution in [2.45, 2.75) is 34.5 Å². The maximum absolute atomic E-state index is 12.5. The molecule has 0 radical (unpaired) electrons. The van der Waals surface area contributed by atoms with E-state index in [1.165, 1.54) is 30.3 Å². The molecule has 0 aliphatic rings. The lowest BCUT2D eigenvalue weighted by Gasteiger charge is -2.12. The van der Waals surface area contributed by atoms with E-state index in [2.05, 4.69) is 40.7 Å². The van der Waals surface area contributed by atoms with Gasteiger partial charge in [-0.2, -0.15) is 64.1 Å². The highest BCUT2D eigenvalue weighted by molar-refractivity contribution is 7.86. The Morgan fingerprint density at radius 2 is 1.05 bits per heavy atom. The van der Waals surface area contributed by atoms with Crippen molar-refractivity contribution in [3.05, 3.63) is 125 Å². The molecular weight excluding hydrogens is 945 g/mol. The minimum atomic E-state index is -4.88. The SMILES string of the molecule is Cc1cc(N=Nc2cc(S(=O)(=O)O)c3cccc(S(=O)(=O)O)c3c2)ccc1Cc1nc(Cc2ccc(N=Nc3ccccc3)cc2S(=O)(=O)O)nc(NCCS(=O)(=O)O)n1.O=S(=O)=O. The summed E-state index contributed by atoms with van der Waals surface area (Å²) in [6.07, 6.45) is -0.192. The summed E-state index contributed by atoms with van der Waals surface area (Å²) in [5, 5.41) is 18.6. The zero-order valence-electron chi connectivity index (χ0n) is 32.5. The molecule has 336 valence electrons. The molecule has 0 spiro atoms. The molecule has 6 rings (SSSR count). The van der Waals surface area contributed by atoms with Gasteiger partial charge in [-0.05, 0) is 78.2 Å². The first-order valence-corrected chi connectivity index (χ1v) is 24.6. The number of anilines is 1. The van der Waals surface area contributed by atoms with E-state index in [-0.39, 0.29) is 70.4 Å². The summed E-state index contributed by atoms with van der Waals surface area (Å²) in [5.41, 5.74) is 2.11. The van der Waals surface area contributed by atoms with E-state index in [1.807, 2.05) is 0 Å². The first-order valence-electron chi connectivity index (χ1n) is 17.7. The second-order valence-electron chi connectivity index (χ2n) is 13.1. The van der Waals surface area contributed by atoms with Crippen molar-refractivity contribution in [1.82, 2.24) is 15.0 Å². The number of aryl methyl sites for hydroxylation is 1. The molecule has 23 nitrogen and oxygen atoms in total. The molecule has 1 aromatic heterocycles. The van der Waals surface area contributed by atoms with Crippen molar-refractivity contribution in [3.8, 4) is 0 Å². The van der Waals surface area contributed by atoms with Gasteiger partial charge in [0.1, 0.15) is 21.4 Å². The molecule has 0 saturated heterocycles. The van der Waals surface area contributed by atoms with Crippen LogP contribution < -0.4 is 5.32 Å². The molecule has 0 fully saturated rings. The zero-order chi connectivity index (χ0) is 47.0. The van der Waals surface area contributed by atoms with Gasteiger partial charge in [-0.3, -0.25) is 18.2 Å². The Bertz CT molecular complexity index is 3390. The number of benzene rings is 5. The Balaban J connectivity index is 0.00000185. The molecule has 0 unspecified atom stereocenters. The maximum Gasteiger partial charge on any atom is 0.425 e. The van der Waals surface area contributed by atoms with E-state index in [0.29, 0.717) is 16.8 Å². The quantitative estimate of drug-likeness (QED) is 0.0636. The van der Waals surface area contributed by atoms with Crippen molar-refractivity contribution >= 4 is 90.6 Å². The smallest absolute Gasteiger partial charge is 0.353 e. The van der Waals surface area contributed by atoms with Gasteiger partial charge < -0.3 is 5.32 Å². The van der Waals surface area contributed by atoms with E-state index in [9.17, 15) is 51.9 Å². The maximum atomic E-state index is 12.5. The molecule has 5 N–H and O–H groups in total. The van der Waals surface area contributed by atoms with Gasteiger partial charge >= 0.3 is 10.6 Å². The van der Waals surface area contributed by atoms with E-state index >= 15 is 0 Å². The predicted octanol–water partition coefficient (Wildman–Crippen LogP) is 5.38. The van der Waals surface area contributed by atoms with Crippen LogP contribution in [0.4, 0.5) is 28.7 Å². The number of rotatable bonds is 15. The number of nitrogens with zero attached hydrogens (tertiary/aromatic N) is 7. The first kappa shape index (κ1) is 48.7. The van der Waals surface area contributed by atoms with Crippen LogP contribution >= 0.6 is 0 Å². The second-order valence-corrected chi connectivity index (χ2v) is 19.3. The molecule has 64 heavy (non-hydrogen) atoms. The molecule has 0 aliphatic carbocycles. The van der Waals surface area contributed by atoms with Gasteiger partial charge in [0.2, 0.25) is 5.95 Å². The summed E-state index contributed by atoms with van der Waals surface area (Å²) in [7, 11) is -21.9. The Hall–Kier alpha value is -6.37. The Morgan fingerprint density at radius 3 is 1.61 bits per heavy atom. The fourth-order valence-electron chi connectivity index (χ4n) is 5.80. The molecule has 1 heterocycles. The summed E-state index contributed by atoms with van der Waals surface area (Å²) in [6, 6.07) is 23.2. The van der Waals surface area contributed by atoms with Gasteiger partial charge in [-0.1, -0.05) is 42.5 Å². The normalized spacial score (nSPS) is 12.3. The summed E-state index contributed by atoms with van der Waals surface area (Å²) >= 11 is 0. The highest BCUT2D eigenvalue weighted by Crippen LogP contribution is 2.34.